The lowest BCUT2D eigenvalue weighted by atomic mass is 9.90. The van der Waals surface area contributed by atoms with Gasteiger partial charge >= 0.3 is 5.97 Å². The second-order valence-electron chi connectivity index (χ2n) is 5.14. The van der Waals surface area contributed by atoms with Crippen LogP contribution in [-0.2, 0) is 9.53 Å². The molecule has 0 aromatic heterocycles. The van der Waals surface area contributed by atoms with Gasteiger partial charge in [0.25, 0.3) is 0 Å². The van der Waals surface area contributed by atoms with Crippen molar-refractivity contribution >= 4 is 5.97 Å². The zero-order chi connectivity index (χ0) is 11.2. The van der Waals surface area contributed by atoms with Crippen molar-refractivity contribution in [1.29, 1.82) is 0 Å². The number of hydrogen-bond acceptors (Lipinski definition) is 3. The van der Waals surface area contributed by atoms with E-state index in [-0.39, 0.29) is 12.0 Å². The fourth-order valence-electron chi connectivity index (χ4n) is 2.71. The van der Waals surface area contributed by atoms with E-state index in [9.17, 15) is 4.79 Å². The average molecular weight is 225 g/mol. The van der Waals surface area contributed by atoms with E-state index in [1.807, 2.05) is 0 Å². The third-order valence-electron chi connectivity index (χ3n) is 3.78. The van der Waals surface area contributed by atoms with Crippen molar-refractivity contribution in [2.75, 3.05) is 13.2 Å². The van der Waals surface area contributed by atoms with Gasteiger partial charge in [0.05, 0.1) is 6.61 Å². The summed E-state index contributed by atoms with van der Waals surface area (Å²) in [7, 11) is 0. The van der Waals surface area contributed by atoms with Gasteiger partial charge in [-0.2, -0.15) is 0 Å². The van der Waals surface area contributed by atoms with Gasteiger partial charge in [-0.15, -0.1) is 0 Å². The fraction of sp³-hybridized carbons (Fsp3) is 0.923. The zero-order valence-corrected chi connectivity index (χ0v) is 10.0. The highest BCUT2D eigenvalue weighted by molar-refractivity contribution is 5.75. The van der Waals surface area contributed by atoms with Crippen LogP contribution in [0.2, 0.25) is 0 Å². The Morgan fingerprint density at radius 3 is 2.50 bits per heavy atom. The second-order valence-corrected chi connectivity index (χ2v) is 5.14. The molecule has 1 saturated carbocycles. The topological polar surface area (TPSA) is 38.3 Å². The summed E-state index contributed by atoms with van der Waals surface area (Å²) >= 11 is 0. The number of rotatable bonds is 3. The molecule has 1 aliphatic carbocycles. The quantitative estimate of drug-likeness (QED) is 0.749. The van der Waals surface area contributed by atoms with Gasteiger partial charge in [-0.3, -0.25) is 4.79 Å². The van der Waals surface area contributed by atoms with Crippen LogP contribution >= 0.6 is 0 Å². The Kier molecular flexibility index (Phi) is 4.64. The third-order valence-corrected chi connectivity index (χ3v) is 3.78. The Morgan fingerprint density at radius 1 is 1.06 bits per heavy atom. The molecule has 16 heavy (non-hydrogen) atoms. The minimum Gasteiger partial charge on any atom is -0.464 e. The summed E-state index contributed by atoms with van der Waals surface area (Å²) in [6.07, 6.45) is 9.74. The lowest BCUT2D eigenvalue weighted by Gasteiger charge is -2.25. The van der Waals surface area contributed by atoms with Crippen LogP contribution in [0.5, 0.6) is 0 Å². The maximum atomic E-state index is 11.8. The third kappa shape index (κ3) is 3.48. The molecule has 0 radical (unpaired) electrons. The molecule has 2 aliphatic rings. The largest absolute Gasteiger partial charge is 0.464 e. The molecule has 1 atom stereocenters. The highest BCUT2D eigenvalue weighted by atomic mass is 16.5. The van der Waals surface area contributed by atoms with Gasteiger partial charge in [0.2, 0.25) is 0 Å². The van der Waals surface area contributed by atoms with E-state index in [1.54, 1.807) is 0 Å². The van der Waals surface area contributed by atoms with E-state index in [4.69, 9.17) is 4.74 Å². The predicted molar refractivity (Wildman–Crippen MR) is 63.2 cm³/mol. The molecule has 2 rings (SSSR count). The van der Waals surface area contributed by atoms with E-state index in [0.29, 0.717) is 12.5 Å². The highest BCUT2D eigenvalue weighted by Gasteiger charge is 2.23. The Hall–Kier alpha value is -0.570. The summed E-state index contributed by atoms with van der Waals surface area (Å²) in [6, 6.07) is -0.0302. The zero-order valence-electron chi connectivity index (χ0n) is 10.0. The van der Waals surface area contributed by atoms with Gasteiger partial charge < -0.3 is 10.1 Å². The first-order chi connectivity index (χ1) is 7.86. The number of carbonyl (C=O) groups is 1. The van der Waals surface area contributed by atoms with E-state index in [2.05, 4.69) is 5.32 Å². The van der Waals surface area contributed by atoms with Crippen molar-refractivity contribution in [3.8, 4) is 0 Å². The highest BCUT2D eigenvalue weighted by Crippen LogP contribution is 2.23. The molecule has 0 aromatic rings. The summed E-state index contributed by atoms with van der Waals surface area (Å²) in [5.74, 6) is 0.603. The summed E-state index contributed by atoms with van der Waals surface area (Å²) in [5, 5.41) is 3.23. The first-order valence-corrected chi connectivity index (χ1v) is 6.76. The Bertz CT molecular complexity index is 218. The van der Waals surface area contributed by atoms with E-state index >= 15 is 0 Å². The number of carbonyl (C=O) groups excluding carboxylic acids is 1. The van der Waals surface area contributed by atoms with Crippen molar-refractivity contribution < 1.29 is 9.53 Å². The SMILES string of the molecule is O=C(OCC1CCCCC1)[C@H]1CCCCN1. The molecule has 1 N–H and O–H groups in total. The molecule has 92 valence electrons. The van der Waals surface area contributed by atoms with Crippen LogP contribution in [0.4, 0.5) is 0 Å². The van der Waals surface area contributed by atoms with E-state index in [1.165, 1.54) is 38.5 Å². The Labute approximate surface area is 97.9 Å². The molecule has 0 spiro atoms. The minimum absolute atomic E-state index is 0.0229. The average Bonchev–Trinajstić information content (AvgIpc) is 2.38. The number of esters is 1. The normalized spacial score (nSPS) is 27.6. The van der Waals surface area contributed by atoms with Gasteiger partial charge in [0, 0.05) is 0 Å². The van der Waals surface area contributed by atoms with Crippen LogP contribution in [-0.4, -0.2) is 25.2 Å². The molecule has 0 amide bonds. The molecule has 0 unspecified atom stereocenters. The van der Waals surface area contributed by atoms with Gasteiger partial charge in [-0.25, -0.2) is 0 Å². The van der Waals surface area contributed by atoms with E-state index in [0.717, 1.165) is 19.4 Å². The standard InChI is InChI=1S/C13H23NO2/c15-13(12-8-4-5-9-14-12)16-10-11-6-2-1-3-7-11/h11-12,14H,1-10H2/t12-/m1/s1. The van der Waals surface area contributed by atoms with Crippen LogP contribution < -0.4 is 5.32 Å². The van der Waals surface area contributed by atoms with Gasteiger partial charge in [0.15, 0.2) is 0 Å². The van der Waals surface area contributed by atoms with Gasteiger partial charge in [-0.05, 0) is 38.1 Å². The first kappa shape index (κ1) is 11.9. The second kappa shape index (κ2) is 6.24. The van der Waals surface area contributed by atoms with Gasteiger partial charge in [-0.1, -0.05) is 25.7 Å². The molecular formula is C13H23NO2. The number of hydrogen-bond donors (Lipinski definition) is 1. The monoisotopic (exact) mass is 225 g/mol. The summed E-state index contributed by atoms with van der Waals surface area (Å²) < 4.78 is 5.42. The molecule has 1 heterocycles. The molecule has 1 aliphatic heterocycles. The van der Waals surface area contributed by atoms with Gasteiger partial charge in [0.1, 0.15) is 6.04 Å². The van der Waals surface area contributed by atoms with Crippen LogP contribution in [0.15, 0.2) is 0 Å². The number of piperidine rings is 1. The van der Waals surface area contributed by atoms with Crippen LogP contribution in [0.25, 0.3) is 0 Å². The maximum Gasteiger partial charge on any atom is 0.323 e. The molecule has 3 nitrogen and oxygen atoms in total. The molecule has 1 saturated heterocycles. The molecule has 0 bridgehead atoms. The van der Waals surface area contributed by atoms with Crippen molar-refractivity contribution in [3.05, 3.63) is 0 Å². The molecular weight excluding hydrogens is 202 g/mol. The summed E-state index contributed by atoms with van der Waals surface area (Å²) in [6.45, 7) is 1.61. The van der Waals surface area contributed by atoms with Crippen LogP contribution in [0.3, 0.4) is 0 Å². The first-order valence-electron chi connectivity index (χ1n) is 6.76. The maximum absolute atomic E-state index is 11.8. The van der Waals surface area contributed by atoms with Crippen molar-refractivity contribution in [3.63, 3.8) is 0 Å². The van der Waals surface area contributed by atoms with Crippen molar-refractivity contribution in [2.24, 2.45) is 5.92 Å². The summed E-state index contributed by atoms with van der Waals surface area (Å²) in [4.78, 5) is 11.8. The van der Waals surface area contributed by atoms with Crippen LogP contribution in [0, 0.1) is 5.92 Å². The van der Waals surface area contributed by atoms with E-state index < -0.39 is 0 Å². The molecule has 3 heteroatoms. The smallest absolute Gasteiger partial charge is 0.323 e. The Balaban J connectivity index is 1.65. The van der Waals surface area contributed by atoms with Crippen LogP contribution in [0.1, 0.15) is 51.4 Å². The molecule has 2 fully saturated rings. The molecule has 0 aromatic carbocycles. The van der Waals surface area contributed by atoms with Crippen molar-refractivity contribution in [2.45, 2.75) is 57.4 Å². The lowest BCUT2D eigenvalue weighted by molar-refractivity contribution is -0.148. The predicted octanol–water partition coefficient (Wildman–Crippen LogP) is 2.25. The van der Waals surface area contributed by atoms with Crippen molar-refractivity contribution in [1.82, 2.24) is 5.32 Å². The number of nitrogens with one attached hydrogen (secondary N) is 1. The Morgan fingerprint density at radius 2 is 1.81 bits per heavy atom. The minimum atomic E-state index is -0.0302. The fourth-order valence-corrected chi connectivity index (χ4v) is 2.71. The lowest BCUT2D eigenvalue weighted by Crippen LogP contribution is -2.41. The number of ether oxygens (including phenoxy) is 1. The summed E-state index contributed by atoms with van der Waals surface area (Å²) in [5.41, 5.74) is 0.